The Morgan fingerprint density at radius 3 is 2.67 bits per heavy atom. The number of carbonyl (C=O) groups excluding carboxylic acids is 1. The molecule has 1 saturated carbocycles. The maximum atomic E-state index is 11.5. The summed E-state index contributed by atoms with van der Waals surface area (Å²) >= 11 is 0. The molecular weight excluding hydrogens is 226 g/mol. The van der Waals surface area contributed by atoms with Crippen molar-refractivity contribution >= 4 is 11.6 Å². The normalized spacial score (nSPS) is 13.7. The van der Waals surface area contributed by atoms with Gasteiger partial charge in [0.25, 0.3) is 0 Å². The minimum Gasteiger partial charge on any atom is -0.376 e. The van der Waals surface area contributed by atoms with Crippen LogP contribution in [0.5, 0.6) is 0 Å². The van der Waals surface area contributed by atoms with Crippen molar-refractivity contribution in [3.8, 4) is 6.07 Å². The molecule has 0 bridgehead atoms. The molecule has 1 fully saturated rings. The first-order valence-electron chi connectivity index (χ1n) is 6.24. The fourth-order valence-electron chi connectivity index (χ4n) is 1.66. The standard InChI is InChI=1S/C14H17N3O/c15-8-7-11-3-5-13(6-4-11)16-10-14(18)17-9-12-1-2-12/h3-6,12,16H,1-2,7,9-10H2,(H,17,18). The molecule has 1 amide bonds. The second-order valence-electron chi connectivity index (χ2n) is 4.63. The third-order valence-electron chi connectivity index (χ3n) is 2.98. The number of rotatable bonds is 6. The highest BCUT2D eigenvalue weighted by Crippen LogP contribution is 2.27. The summed E-state index contributed by atoms with van der Waals surface area (Å²) in [6, 6.07) is 9.67. The number of nitrogens with zero attached hydrogens (tertiary/aromatic N) is 1. The van der Waals surface area contributed by atoms with Crippen molar-refractivity contribution in [2.45, 2.75) is 19.3 Å². The van der Waals surface area contributed by atoms with Gasteiger partial charge in [0.05, 0.1) is 19.0 Å². The molecule has 2 rings (SSSR count). The van der Waals surface area contributed by atoms with E-state index in [1.165, 1.54) is 12.8 Å². The number of nitriles is 1. The summed E-state index contributed by atoms with van der Waals surface area (Å²) in [6.07, 6.45) is 2.91. The fourth-order valence-corrected chi connectivity index (χ4v) is 1.66. The molecule has 0 radical (unpaired) electrons. The van der Waals surface area contributed by atoms with Crippen molar-refractivity contribution < 1.29 is 4.79 Å². The predicted molar refractivity (Wildman–Crippen MR) is 70.0 cm³/mol. The Morgan fingerprint density at radius 1 is 1.33 bits per heavy atom. The van der Waals surface area contributed by atoms with Crippen molar-refractivity contribution in [3.63, 3.8) is 0 Å². The van der Waals surface area contributed by atoms with E-state index in [9.17, 15) is 4.79 Å². The maximum Gasteiger partial charge on any atom is 0.239 e. The molecule has 0 heterocycles. The quantitative estimate of drug-likeness (QED) is 0.799. The topological polar surface area (TPSA) is 64.9 Å². The number of amides is 1. The van der Waals surface area contributed by atoms with Crippen LogP contribution in [0.2, 0.25) is 0 Å². The largest absolute Gasteiger partial charge is 0.376 e. The Balaban J connectivity index is 1.71. The lowest BCUT2D eigenvalue weighted by Gasteiger charge is -2.07. The van der Waals surface area contributed by atoms with E-state index in [0.29, 0.717) is 18.9 Å². The average Bonchev–Trinajstić information content (AvgIpc) is 3.20. The molecule has 0 aromatic heterocycles. The van der Waals surface area contributed by atoms with Gasteiger partial charge in [0.2, 0.25) is 5.91 Å². The van der Waals surface area contributed by atoms with E-state index in [4.69, 9.17) is 5.26 Å². The lowest BCUT2D eigenvalue weighted by atomic mass is 10.1. The lowest BCUT2D eigenvalue weighted by molar-refractivity contribution is -0.119. The summed E-state index contributed by atoms with van der Waals surface area (Å²) in [5, 5.41) is 14.5. The first-order valence-corrected chi connectivity index (χ1v) is 6.24. The van der Waals surface area contributed by atoms with Gasteiger partial charge >= 0.3 is 0 Å². The number of carbonyl (C=O) groups is 1. The smallest absolute Gasteiger partial charge is 0.239 e. The third kappa shape index (κ3) is 4.10. The van der Waals surface area contributed by atoms with Gasteiger partial charge in [0, 0.05) is 12.2 Å². The van der Waals surface area contributed by atoms with E-state index in [-0.39, 0.29) is 5.91 Å². The van der Waals surface area contributed by atoms with Crippen molar-refractivity contribution in [1.29, 1.82) is 5.26 Å². The predicted octanol–water partition coefficient (Wildman–Crippen LogP) is 1.69. The second-order valence-corrected chi connectivity index (χ2v) is 4.63. The molecule has 0 aliphatic heterocycles. The Morgan fingerprint density at radius 2 is 2.06 bits per heavy atom. The van der Waals surface area contributed by atoms with Crippen LogP contribution in [-0.4, -0.2) is 19.0 Å². The monoisotopic (exact) mass is 243 g/mol. The zero-order valence-corrected chi connectivity index (χ0v) is 10.3. The van der Waals surface area contributed by atoms with Gasteiger partial charge in [-0.25, -0.2) is 0 Å². The molecule has 4 nitrogen and oxygen atoms in total. The van der Waals surface area contributed by atoms with E-state index in [0.717, 1.165) is 17.8 Å². The molecule has 0 saturated heterocycles. The molecule has 18 heavy (non-hydrogen) atoms. The molecule has 2 N–H and O–H groups in total. The fraction of sp³-hybridized carbons (Fsp3) is 0.429. The Labute approximate surface area is 107 Å². The molecule has 0 unspecified atom stereocenters. The first-order chi connectivity index (χ1) is 8.78. The molecule has 1 aliphatic carbocycles. The van der Waals surface area contributed by atoms with Gasteiger partial charge in [-0.2, -0.15) is 5.26 Å². The second kappa shape index (κ2) is 6.06. The van der Waals surface area contributed by atoms with Crippen molar-refractivity contribution in [2.75, 3.05) is 18.4 Å². The summed E-state index contributed by atoms with van der Waals surface area (Å²) in [5.41, 5.74) is 1.89. The Kier molecular flexibility index (Phi) is 4.19. The highest BCUT2D eigenvalue weighted by molar-refractivity contribution is 5.80. The Bertz CT molecular complexity index is 443. The van der Waals surface area contributed by atoms with Gasteiger partial charge < -0.3 is 10.6 Å². The number of hydrogen-bond acceptors (Lipinski definition) is 3. The minimum atomic E-state index is 0.0306. The van der Waals surface area contributed by atoms with Crippen LogP contribution in [0.15, 0.2) is 24.3 Å². The molecule has 1 aromatic rings. The van der Waals surface area contributed by atoms with E-state index in [1.54, 1.807) is 0 Å². The molecule has 0 spiro atoms. The molecule has 4 heteroatoms. The Hall–Kier alpha value is -2.02. The van der Waals surface area contributed by atoms with Gasteiger partial charge in [-0.05, 0) is 36.5 Å². The van der Waals surface area contributed by atoms with Crippen LogP contribution in [-0.2, 0) is 11.2 Å². The van der Waals surface area contributed by atoms with Gasteiger partial charge in [-0.15, -0.1) is 0 Å². The van der Waals surface area contributed by atoms with Crippen LogP contribution in [0.1, 0.15) is 18.4 Å². The molecule has 0 atom stereocenters. The van der Waals surface area contributed by atoms with Crippen LogP contribution < -0.4 is 10.6 Å². The lowest BCUT2D eigenvalue weighted by Crippen LogP contribution is -2.31. The highest BCUT2D eigenvalue weighted by atomic mass is 16.1. The molecule has 1 aliphatic rings. The van der Waals surface area contributed by atoms with Gasteiger partial charge in [0.1, 0.15) is 0 Å². The third-order valence-corrected chi connectivity index (χ3v) is 2.98. The molecular formula is C14H17N3O. The van der Waals surface area contributed by atoms with Crippen LogP contribution in [0, 0.1) is 17.2 Å². The van der Waals surface area contributed by atoms with Gasteiger partial charge in [-0.1, -0.05) is 12.1 Å². The summed E-state index contributed by atoms with van der Waals surface area (Å²) in [7, 11) is 0. The number of hydrogen-bond donors (Lipinski definition) is 2. The van der Waals surface area contributed by atoms with E-state index in [2.05, 4.69) is 16.7 Å². The molecule has 94 valence electrons. The van der Waals surface area contributed by atoms with E-state index >= 15 is 0 Å². The van der Waals surface area contributed by atoms with Crippen molar-refractivity contribution in [2.24, 2.45) is 5.92 Å². The van der Waals surface area contributed by atoms with E-state index in [1.807, 2.05) is 24.3 Å². The summed E-state index contributed by atoms with van der Waals surface area (Å²) < 4.78 is 0. The highest BCUT2D eigenvalue weighted by Gasteiger charge is 2.21. The molecule has 1 aromatic carbocycles. The van der Waals surface area contributed by atoms with Gasteiger partial charge in [0.15, 0.2) is 0 Å². The van der Waals surface area contributed by atoms with Crippen LogP contribution >= 0.6 is 0 Å². The average molecular weight is 243 g/mol. The first kappa shape index (κ1) is 12.4. The van der Waals surface area contributed by atoms with Crippen molar-refractivity contribution in [1.82, 2.24) is 5.32 Å². The maximum absolute atomic E-state index is 11.5. The number of benzene rings is 1. The minimum absolute atomic E-state index is 0.0306. The zero-order valence-electron chi connectivity index (χ0n) is 10.3. The summed E-state index contributed by atoms with van der Waals surface area (Å²) in [4.78, 5) is 11.5. The zero-order chi connectivity index (χ0) is 12.8. The number of nitrogens with one attached hydrogen (secondary N) is 2. The van der Waals surface area contributed by atoms with Crippen LogP contribution in [0.3, 0.4) is 0 Å². The summed E-state index contributed by atoms with van der Waals surface area (Å²) in [5.74, 6) is 0.738. The van der Waals surface area contributed by atoms with Crippen LogP contribution in [0.25, 0.3) is 0 Å². The van der Waals surface area contributed by atoms with E-state index < -0.39 is 0 Å². The van der Waals surface area contributed by atoms with Gasteiger partial charge in [-0.3, -0.25) is 4.79 Å². The van der Waals surface area contributed by atoms with Crippen LogP contribution in [0.4, 0.5) is 5.69 Å². The number of anilines is 1. The summed E-state index contributed by atoms with van der Waals surface area (Å²) in [6.45, 7) is 1.10. The van der Waals surface area contributed by atoms with Crippen molar-refractivity contribution in [3.05, 3.63) is 29.8 Å². The SMILES string of the molecule is N#CCc1ccc(NCC(=O)NCC2CC2)cc1.